The van der Waals surface area contributed by atoms with Gasteiger partial charge in [0.15, 0.2) is 5.78 Å². The van der Waals surface area contributed by atoms with Crippen LogP contribution in [0.25, 0.3) is 0 Å². The van der Waals surface area contributed by atoms with Crippen molar-refractivity contribution in [3.63, 3.8) is 0 Å². The van der Waals surface area contributed by atoms with Gasteiger partial charge < -0.3 is 15.1 Å². The highest BCUT2D eigenvalue weighted by atomic mass is 19.1. The second-order valence-corrected chi connectivity index (χ2v) is 8.59. The number of hydrogen-bond acceptors (Lipinski definition) is 5. The molecule has 1 heterocycles. The Hall–Kier alpha value is -3.26. The molecule has 1 fully saturated rings. The smallest absolute Gasteiger partial charge is 0.241 e. The van der Waals surface area contributed by atoms with Crippen molar-refractivity contribution in [3.8, 4) is 0 Å². The van der Waals surface area contributed by atoms with Crippen molar-refractivity contribution in [2.45, 2.75) is 33.2 Å². The fourth-order valence-corrected chi connectivity index (χ4v) is 4.08. The summed E-state index contributed by atoms with van der Waals surface area (Å²) in [6.07, 6.45) is 0.819. The van der Waals surface area contributed by atoms with Crippen LogP contribution in [-0.2, 0) is 9.59 Å². The number of para-hydroxylation sites is 1. The van der Waals surface area contributed by atoms with Gasteiger partial charge in [-0.25, -0.2) is 4.39 Å². The molecule has 8 heteroatoms. The maximum Gasteiger partial charge on any atom is 0.241 e. The number of anilines is 2. The zero-order valence-electron chi connectivity index (χ0n) is 20.1. The van der Waals surface area contributed by atoms with Crippen LogP contribution >= 0.6 is 0 Å². The van der Waals surface area contributed by atoms with Crippen LogP contribution in [0.4, 0.5) is 15.8 Å². The van der Waals surface area contributed by atoms with Crippen molar-refractivity contribution in [2.75, 3.05) is 49.5 Å². The molecule has 2 aromatic rings. The largest absolute Gasteiger partial charge is 0.366 e. The number of piperazine rings is 1. The van der Waals surface area contributed by atoms with E-state index in [-0.39, 0.29) is 24.1 Å². The van der Waals surface area contributed by atoms with Crippen molar-refractivity contribution in [1.29, 1.82) is 0 Å². The Labute approximate surface area is 200 Å². The minimum atomic E-state index is -0.459. The SMILES string of the molecule is CCCN(CC(=O)N1CCN(c2ccc(C(C)=O)cc2F)CC1)C(C)C(=O)Nc1ccccc1. The Morgan fingerprint density at radius 2 is 1.74 bits per heavy atom. The van der Waals surface area contributed by atoms with Gasteiger partial charge in [0.25, 0.3) is 0 Å². The predicted octanol–water partition coefficient (Wildman–Crippen LogP) is 3.42. The highest BCUT2D eigenvalue weighted by Gasteiger charge is 2.28. The second kappa shape index (κ2) is 11.7. The van der Waals surface area contributed by atoms with Crippen LogP contribution in [0.15, 0.2) is 48.5 Å². The number of nitrogens with zero attached hydrogens (tertiary/aromatic N) is 3. The summed E-state index contributed by atoms with van der Waals surface area (Å²) in [6.45, 7) is 7.96. The highest BCUT2D eigenvalue weighted by Crippen LogP contribution is 2.22. The van der Waals surface area contributed by atoms with Gasteiger partial charge in [-0.15, -0.1) is 0 Å². The first-order chi connectivity index (χ1) is 16.3. The van der Waals surface area contributed by atoms with Crippen LogP contribution in [0.3, 0.4) is 0 Å². The lowest BCUT2D eigenvalue weighted by Gasteiger charge is -2.37. The maximum absolute atomic E-state index is 14.5. The summed E-state index contributed by atoms with van der Waals surface area (Å²) >= 11 is 0. The zero-order valence-corrected chi connectivity index (χ0v) is 20.1. The van der Waals surface area contributed by atoms with Gasteiger partial charge in [-0.2, -0.15) is 0 Å². The zero-order chi connectivity index (χ0) is 24.7. The molecular formula is C26H33FN4O3. The summed E-state index contributed by atoms with van der Waals surface area (Å²) in [5.74, 6) is -0.800. The summed E-state index contributed by atoms with van der Waals surface area (Å²) in [4.78, 5) is 42.8. The Kier molecular flexibility index (Phi) is 8.76. The van der Waals surface area contributed by atoms with E-state index in [9.17, 15) is 18.8 Å². The predicted molar refractivity (Wildman–Crippen MR) is 132 cm³/mol. The summed E-state index contributed by atoms with van der Waals surface area (Å²) in [6, 6.07) is 13.3. The number of rotatable bonds is 9. The molecule has 3 rings (SSSR count). The lowest BCUT2D eigenvalue weighted by molar-refractivity contribution is -0.134. The molecule has 0 radical (unpaired) electrons. The van der Waals surface area contributed by atoms with Gasteiger partial charge in [0.05, 0.1) is 18.3 Å². The first kappa shape index (κ1) is 25.4. The number of Topliss-reactive ketones (excluding diaryl/α,β-unsaturated/α-hetero) is 1. The van der Waals surface area contributed by atoms with E-state index in [2.05, 4.69) is 5.32 Å². The number of nitrogens with one attached hydrogen (secondary N) is 1. The third kappa shape index (κ3) is 6.41. The van der Waals surface area contributed by atoms with E-state index in [1.165, 1.54) is 13.0 Å². The molecule has 1 N–H and O–H groups in total. The van der Waals surface area contributed by atoms with Crippen molar-refractivity contribution >= 4 is 29.0 Å². The van der Waals surface area contributed by atoms with Gasteiger partial charge in [0.1, 0.15) is 5.82 Å². The van der Waals surface area contributed by atoms with Gasteiger partial charge in [-0.3, -0.25) is 19.3 Å². The number of carbonyl (C=O) groups is 3. The Morgan fingerprint density at radius 3 is 2.32 bits per heavy atom. The van der Waals surface area contributed by atoms with Crippen molar-refractivity contribution in [1.82, 2.24) is 9.80 Å². The molecule has 7 nitrogen and oxygen atoms in total. The summed E-state index contributed by atoms with van der Waals surface area (Å²) in [7, 11) is 0. The van der Waals surface area contributed by atoms with Crippen LogP contribution in [0.5, 0.6) is 0 Å². The average Bonchev–Trinajstić information content (AvgIpc) is 2.84. The van der Waals surface area contributed by atoms with Crippen LogP contribution in [-0.4, -0.2) is 72.7 Å². The van der Waals surface area contributed by atoms with E-state index in [0.717, 1.165) is 12.1 Å². The third-order valence-electron chi connectivity index (χ3n) is 6.14. The Balaban J connectivity index is 1.56. The molecule has 0 aliphatic carbocycles. The number of amides is 2. The van der Waals surface area contributed by atoms with Gasteiger partial charge in [0.2, 0.25) is 11.8 Å². The number of carbonyl (C=O) groups excluding carboxylic acids is 3. The van der Waals surface area contributed by atoms with Crippen LogP contribution in [0.1, 0.15) is 37.6 Å². The summed E-state index contributed by atoms with van der Waals surface area (Å²) in [5, 5.41) is 2.90. The maximum atomic E-state index is 14.5. The van der Waals surface area contributed by atoms with Crippen LogP contribution < -0.4 is 10.2 Å². The fourth-order valence-electron chi connectivity index (χ4n) is 4.08. The molecule has 1 saturated heterocycles. The van der Waals surface area contributed by atoms with E-state index in [4.69, 9.17) is 0 Å². The van der Waals surface area contributed by atoms with Crippen LogP contribution in [0.2, 0.25) is 0 Å². The van der Waals surface area contributed by atoms with Gasteiger partial charge in [0, 0.05) is 37.4 Å². The van der Waals surface area contributed by atoms with E-state index in [1.807, 2.05) is 54.0 Å². The quantitative estimate of drug-likeness (QED) is 0.571. The molecule has 1 aliphatic rings. The molecule has 1 unspecified atom stereocenters. The molecule has 0 aromatic heterocycles. The summed E-state index contributed by atoms with van der Waals surface area (Å²) < 4.78 is 14.5. The Bertz CT molecular complexity index is 1010. The Morgan fingerprint density at radius 1 is 1.06 bits per heavy atom. The van der Waals surface area contributed by atoms with Crippen molar-refractivity contribution < 1.29 is 18.8 Å². The van der Waals surface area contributed by atoms with Gasteiger partial charge >= 0.3 is 0 Å². The van der Waals surface area contributed by atoms with Gasteiger partial charge in [-0.1, -0.05) is 25.1 Å². The minimum Gasteiger partial charge on any atom is -0.366 e. The first-order valence-electron chi connectivity index (χ1n) is 11.7. The molecule has 1 aliphatic heterocycles. The van der Waals surface area contributed by atoms with E-state index >= 15 is 0 Å². The molecule has 0 spiro atoms. The molecule has 1 atom stereocenters. The third-order valence-corrected chi connectivity index (χ3v) is 6.14. The highest BCUT2D eigenvalue weighted by molar-refractivity contribution is 5.95. The molecule has 2 aromatic carbocycles. The number of benzene rings is 2. The van der Waals surface area contributed by atoms with Crippen molar-refractivity contribution in [3.05, 3.63) is 59.9 Å². The fraction of sp³-hybridized carbons (Fsp3) is 0.423. The molecule has 182 valence electrons. The normalized spacial score (nSPS) is 14.7. The van der Waals surface area contributed by atoms with E-state index < -0.39 is 11.9 Å². The average molecular weight is 469 g/mol. The van der Waals surface area contributed by atoms with E-state index in [0.29, 0.717) is 44.0 Å². The van der Waals surface area contributed by atoms with Crippen molar-refractivity contribution in [2.24, 2.45) is 0 Å². The number of ketones is 1. The monoisotopic (exact) mass is 468 g/mol. The standard InChI is InChI=1S/C26H33FN4O3/c1-4-12-31(19(2)26(34)28-22-8-6-5-7-9-22)18-25(33)30-15-13-29(14-16-30)24-11-10-21(20(3)32)17-23(24)27/h5-11,17,19H,4,12-16,18H2,1-3H3,(H,28,34). The molecular weight excluding hydrogens is 435 g/mol. The van der Waals surface area contributed by atoms with Crippen LogP contribution in [0, 0.1) is 5.82 Å². The lowest BCUT2D eigenvalue weighted by atomic mass is 10.1. The van der Waals surface area contributed by atoms with Gasteiger partial charge in [-0.05, 0) is 57.1 Å². The topological polar surface area (TPSA) is 73.0 Å². The molecule has 34 heavy (non-hydrogen) atoms. The number of hydrogen-bond donors (Lipinski definition) is 1. The molecule has 0 bridgehead atoms. The summed E-state index contributed by atoms with van der Waals surface area (Å²) in [5.41, 5.74) is 1.51. The lowest BCUT2D eigenvalue weighted by Crippen LogP contribution is -2.53. The minimum absolute atomic E-state index is 0.0418. The molecule has 2 amide bonds. The molecule has 0 saturated carbocycles. The number of halogens is 1. The first-order valence-corrected chi connectivity index (χ1v) is 11.7. The second-order valence-electron chi connectivity index (χ2n) is 8.59. The van der Waals surface area contributed by atoms with E-state index in [1.54, 1.807) is 17.0 Å².